The fourth-order valence-electron chi connectivity index (χ4n) is 4.27. The Bertz CT molecular complexity index is 1090. The lowest BCUT2D eigenvalue weighted by molar-refractivity contribution is 0.0171. The van der Waals surface area contributed by atoms with E-state index < -0.39 is 18.3 Å². The zero-order valence-corrected chi connectivity index (χ0v) is 18.3. The molecule has 0 aliphatic heterocycles. The van der Waals surface area contributed by atoms with E-state index in [2.05, 4.69) is 17.4 Å². The lowest BCUT2D eigenvalue weighted by atomic mass is 9.98. The smallest absolute Gasteiger partial charge is 0.407 e. The summed E-state index contributed by atoms with van der Waals surface area (Å²) in [5, 5.41) is 32.8. The van der Waals surface area contributed by atoms with Crippen molar-refractivity contribution in [2.24, 2.45) is 0 Å². The molecule has 1 amide bonds. The number of amides is 1. The van der Waals surface area contributed by atoms with Gasteiger partial charge in [0.15, 0.2) is 0 Å². The SMILES string of the molecule is COc1ccc(CO)cc1C(O)C(O)CNC(=O)OCC1c2ccccc2-c2ccccc21. The third-order valence-corrected chi connectivity index (χ3v) is 5.96. The number of fused-ring (bicyclic) bond motifs is 3. The van der Waals surface area contributed by atoms with Crippen molar-refractivity contribution >= 4 is 6.09 Å². The van der Waals surface area contributed by atoms with Crippen LogP contribution in [0.3, 0.4) is 0 Å². The Balaban J connectivity index is 1.36. The molecule has 0 heterocycles. The predicted octanol–water partition coefficient (Wildman–Crippen LogP) is 3.12. The van der Waals surface area contributed by atoms with Crippen molar-refractivity contribution in [3.63, 3.8) is 0 Å². The summed E-state index contributed by atoms with van der Waals surface area (Å²) in [5.74, 6) is 0.309. The van der Waals surface area contributed by atoms with Crippen LogP contribution in [0.4, 0.5) is 4.79 Å². The largest absolute Gasteiger partial charge is 0.496 e. The summed E-state index contributed by atoms with van der Waals surface area (Å²) >= 11 is 0. The molecule has 0 saturated carbocycles. The van der Waals surface area contributed by atoms with Gasteiger partial charge in [0.25, 0.3) is 0 Å². The van der Waals surface area contributed by atoms with Crippen LogP contribution in [-0.4, -0.2) is 47.8 Å². The Morgan fingerprint density at radius 2 is 1.64 bits per heavy atom. The summed E-state index contributed by atoms with van der Waals surface area (Å²) < 4.78 is 10.7. The molecule has 0 bridgehead atoms. The van der Waals surface area contributed by atoms with Crippen molar-refractivity contribution < 1.29 is 29.6 Å². The Kier molecular flexibility index (Phi) is 6.93. The van der Waals surface area contributed by atoms with E-state index in [-0.39, 0.29) is 25.7 Å². The van der Waals surface area contributed by atoms with E-state index in [1.807, 2.05) is 36.4 Å². The number of hydrogen-bond donors (Lipinski definition) is 4. The average molecular weight is 450 g/mol. The number of carbonyl (C=O) groups excluding carboxylic acids is 1. The number of carbonyl (C=O) groups is 1. The van der Waals surface area contributed by atoms with Crippen molar-refractivity contribution in [1.29, 1.82) is 0 Å². The molecule has 0 fully saturated rings. The van der Waals surface area contributed by atoms with Gasteiger partial charge in [0.1, 0.15) is 24.6 Å². The van der Waals surface area contributed by atoms with Gasteiger partial charge in [-0.3, -0.25) is 0 Å². The molecule has 0 saturated heterocycles. The highest BCUT2D eigenvalue weighted by atomic mass is 16.5. The van der Waals surface area contributed by atoms with Crippen LogP contribution in [0.25, 0.3) is 11.1 Å². The Morgan fingerprint density at radius 1 is 1.00 bits per heavy atom. The number of alkyl carbamates (subject to hydrolysis) is 1. The predicted molar refractivity (Wildman–Crippen MR) is 123 cm³/mol. The lowest BCUT2D eigenvalue weighted by Gasteiger charge is -2.21. The Labute approximate surface area is 192 Å². The number of aliphatic hydroxyl groups is 3. The molecule has 7 nitrogen and oxygen atoms in total. The first-order chi connectivity index (χ1) is 16.0. The molecule has 3 aromatic carbocycles. The van der Waals surface area contributed by atoms with Gasteiger partial charge in [-0.1, -0.05) is 54.6 Å². The number of ether oxygens (including phenoxy) is 2. The fraction of sp³-hybridized carbons (Fsp3) is 0.269. The van der Waals surface area contributed by atoms with Gasteiger partial charge in [0, 0.05) is 18.0 Å². The van der Waals surface area contributed by atoms with Crippen LogP contribution in [0.2, 0.25) is 0 Å². The minimum absolute atomic E-state index is 0.0656. The first kappa shape index (κ1) is 22.8. The van der Waals surface area contributed by atoms with Crippen LogP contribution in [0.1, 0.15) is 34.3 Å². The molecule has 7 heteroatoms. The van der Waals surface area contributed by atoms with Gasteiger partial charge in [-0.2, -0.15) is 0 Å². The van der Waals surface area contributed by atoms with Crippen LogP contribution in [0.5, 0.6) is 5.75 Å². The van der Waals surface area contributed by atoms with E-state index in [1.54, 1.807) is 18.2 Å². The number of aliphatic hydroxyl groups excluding tert-OH is 3. The van der Waals surface area contributed by atoms with Crippen molar-refractivity contribution in [2.75, 3.05) is 20.3 Å². The maximum absolute atomic E-state index is 12.3. The van der Waals surface area contributed by atoms with Crippen LogP contribution < -0.4 is 10.1 Å². The molecule has 2 unspecified atom stereocenters. The molecule has 33 heavy (non-hydrogen) atoms. The van der Waals surface area contributed by atoms with Crippen molar-refractivity contribution in [2.45, 2.75) is 24.7 Å². The molecular formula is C26H27NO6. The quantitative estimate of drug-likeness (QED) is 0.421. The molecule has 4 rings (SSSR count). The third kappa shape index (κ3) is 4.71. The summed E-state index contributed by atoms with van der Waals surface area (Å²) in [6, 6.07) is 20.9. The number of rotatable bonds is 8. The zero-order chi connectivity index (χ0) is 23.4. The summed E-state index contributed by atoms with van der Waals surface area (Å²) in [6.45, 7) is -0.271. The monoisotopic (exact) mass is 449 g/mol. The molecule has 4 N–H and O–H groups in total. The minimum Gasteiger partial charge on any atom is -0.496 e. The number of hydrogen-bond acceptors (Lipinski definition) is 6. The standard InChI is InChI=1S/C26H27NO6/c1-32-24-11-10-16(14-28)12-21(24)25(30)23(29)13-27-26(31)33-15-22-19-8-4-2-6-17(19)18-7-3-5-9-20(18)22/h2-12,22-23,25,28-30H,13-15H2,1H3,(H,27,31). The van der Waals surface area contributed by atoms with Crippen LogP contribution in [0.15, 0.2) is 66.7 Å². The highest BCUT2D eigenvalue weighted by Gasteiger charge is 2.29. The summed E-state index contributed by atoms with van der Waals surface area (Å²) in [5.41, 5.74) is 5.39. The van der Waals surface area contributed by atoms with Gasteiger partial charge >= 0.3 is 6.09 Å². The molecule has 0 spiro atoms. The number of nitrogens with one attached hydrogen (secondary N) is 1. The summed E-state index contributed by atoms with van der Waals surface area (Å²) in [4.78, 5) is 12.3. The zero-order valence-electron chi connectivity index (χ0n) is 18.3. The maximum Gasteiger partial charge on any atom is 0.407 e. The van der Waals surface area contributed by atoms with Gasteiger partial charge < -0.3 is 30.1 Å². The molecule has 0 radical (unpaired) electrons. The Hall–Kier alpha value is -3.39. The molecule has 1 aliphatic carbocycles. The van der Waals surface area contributed by atoms with Gasteiger partial charge in [0.2, 0.25) is 0 Å². The summed E-state index contributed by atoms with van der Waals surface area (Å²) in [7, 11) is 1.45. The molecule has 3 aromatic rings. The first-order valence-corrected chi connectivity index (χ1v) is 10.8. The highest BCUT2D eigenvalue weighted by molar-refractivity contribution is 5.79. The van der Waals surface area contributed by atoms with Crippen LogP contribution in [-0.2, 0) is 11.3 Å². The van der Waals surface area contributed by atoms with Gasteiger partial charge in [-0.15, -0.1) is 0 Å². The first-order valence-electron chi connectivity index (χ1n) is 10.8. The molecule has 0 aromatic heterocycles. The average Bonchev–Trinajstić information content (AvgIpc) is 3.18. The van der Waals surface area contributed by atoms with Gasteiger partial charge in [-0.25, -0.2) is 4.79 Å². The number of methoxy groups -OCH3 is 1. The van der Waals surface area contributed by atoms with Crippen molar-refractivity contribution in [1.82, 2.24) is 5.32 Å². The van der Waals surface area contributed by atoms with Crippen molar-refractivity contribution in [3.8, 4) is 16.9 Å². The Morgan fingerprint density at radius 3 is 2.24 bits per heavy atom. The fourth-order valence-corrected chi connectivity index (χ4v) is 4.27. The van der Waals surface area contributed by atoms with Crippen LogP contribution >= 0.6 is 0 Å². The van der Waals surface area contributed by atoms with E-state index in [4.69, 9.17) is 9.47 Å². The maximum atomic E-state index is 12.3. The summed E-state index contributed by atoms with van der Waals surface area (Å²) in [6.07, 6.45) is -3.30. The van der Waals surface area contributed by atoms with E-state index in [9.17, 15) is 20.1 Å². The van der Waals surface area contributed by atoms with Crippen molar-refractivity contribution in [3.05, 3.63) is 89.0 Å². The van der Waals surface area contributed by atoms with E-state index >= 15 is 0 Å². The second kappa shape index (κ2) is 10.0. The molecule has 2 atom stereocenters. The van der Waals surface area contributed by atoms with Gasteiger partial charge in [-0.05, 0) is 39.9 Å². The van der Waals surface area contributed by atoms with E-state index in [0.717, 1.165) is 22.3 Å². The van der Waals surface area contributed by atoms with E-state index in [0.29, 0.717) is 16.9 Å². The number of benzene rings is 3. The van der Waals surface area contributed by atoms with Gasteiger partial charge in [0.05, 0.1) is 13.7 Å². The minimum atomic E-state index is -1.32. The second-order valence-electron chi connectivity index (χ2n) is 7.95. The molecule has 172 valence electrons. The van der Waals surface area contributed by atoms with E-state index in [1.165, 1.54) is 7.11 Å². The molecular weight excluding hydrogens is 422 g/mol. The molecule has 1 aliphatic rings. The topological polar surface area (TPSA) is 108 Å². The highest BCUT2D eigenvalue weighted by Crippen LogP contribution is 2.44. The lowest BCUT2D eigenvalue weighted by Crippen LogP contribution is -2.36. The normalized spacial score (nSPS) is 14.2. The van der Waals surface area contributed by atoms with Crippen LogP contribution in [0, 0.1) is 0 Å². The third-order valence-electron chi connectivity index (χ3n) is 5.96. The second-order valence-corrected chi connectivity index (χ2v) is 7.95.